The molecule has 3 nitrogen and oxygen atoms in total. The molecule has 0 saturated heterocycles. The molecule has 0 radical (unpaired) electrons. The first-order chi connectivity index (χ1) is 7.18. The van der Waals surface area contributed by atoms with Crippen LogP contribution in [0.25, 0.3) is 10.9 Å². The Labute approximate surface area is 88.2 Å². The van der Waals surface area contributed by atoms with Crippen LogP contribution in [-0.2, 0) is 0 Å². The van der Waals surface area contributed by atoms with Crippen molar-refractivity contribution in [3.05, 3.63) is 29.7 Å². The van der Waals surface area contributed by atoms with Crippen molar-refractivity contribution in [2.24, 2.45) is 0 Å². The Hall–Kier alpha value is -1.71. The third-order valence-electron chi connectivity index (χ3n) is 1.87. The molecule has 0 bridgehead atoms. The maximum absolute atomic E-state index is 13.3. The maximum atomic E-state index is 13.3. The maximum Gasteiger partial charge on any atom is 0.220 e. The Kier molecular flexibility index (Phi) is 3.55. The summed E-state index contributed by atoms with van der Waals surface area (Å²) < 4.78 is 13.3. The fourth-order valence-corrected chi connectivity index (χ4v) is 1.34. The molecule has 4 heteroatoms. The van der Waals surface area contributed by atoms with Gasteiger partial charge >= 0.3 is 0 Å². The van der Waals surface area contributed by atoms with Crippen LogP contribution in [0.5, 0.6) is 0 Å². The lowest BCUT2D eigenvalue weighted by Crippen LogP contribution is -1.98. The Morgan fingerprint density at radius 1 is 1.20 bits per heavy atom. The molecule has 0 aliphatic heterocycles. The number of rotatable bonds is 0. The van der Waals surface area contributed by atoms with Crippen LogP contribution >= 0.6 is 0 Å². The smallest absolute Gasteiger partial charge is 0.220 e. The van der Waals surface area contributed by atoms with Crippen molar-refractivity contribution in [2.75, 3.05) is 5.73 Å². The SMILES string of the molecule is CC.Cc1nc(N)nc2cccc(F)c12. The first-order valence-corrected chi connectivity index (χ1v) is 4.87. The Morgan fingerprint density at radius 3 is 2.53 bits per heavy atom. The number of halogens is 1. The molecular formula is C11H14FN3. The van der Waals surface area contributed by atoms with E-state index in [0.29, 0.717) is 16.6 Å². The minimum Gasteiger partial charge on any atom is -0.368 e. The van der Waals surface area contributed by atoms with Crippen LogP contribution in [0.3, 0.4) is 0 Å². The molecule has 80 valence electrons. The van der Waals surface area contributed by atoms with Gasteiger partial charge in [0.1, 0.15) is 5.82 Å². The number of nitrogens with two attached hydrogens (primary N) is 1. The van der Waals surface area contributed by atoms with Gasteiger partial charge in [0.2, 0.25) is 5.95 Å². The molecule has 1 heterocycles. The number of hydrogen-bond donors (Lipinski definition) is 1. The standard InChI is InChI=1S/C9H8FN3.C2H6/c1-5-8-6(10)3-2-4-7(8)13-9(11)12-5;1-2/h2-4H,1H3,(H2,11,12,13);1-2H3. The molecule has 0 spiro atoms. The first kappa shape index (κ1) is 11.4. The topological polar surface area (TPSA) is 51.8 Å². The second-order valence-corrected chi connectivity index (χ2v) is 2.80. The van der Waals surface area contributed by atoms with Crippen LogP contribution in [0, 0.1) is 12.7 Å². The summed E-state index contributed by atoms with van der Waals surface area (Å²) in [5, 5.41) is 0.441. The molecule has 0 aliphatic rings. The van der Waals surface area contributed by atoms with Crippen molar-refractivity contribution < 1.29 is 4.39 Å². The van der Waals surface area contributed by atoms with Crippen LogP contribution in [0.4, 0.5) is 10.3 Å². The molecule has 0 saturated carbocycles. The van der Waals surface area contributed by atoms with E-state index in [1.807, 2.05) is 13.8 Å². The molecule has 2 rings (SSSR count). The minimum atomic E-state index is -0.310. The molecule has 0 fully saturated rings. The quantitative estimate of drug-likeness (QED) is 0.722. The number of benzene rings is 1. The van der Waals surface area contributed by atoms with Gasteiger partial charge in [-0.05, 0) is 19.1 Å². The van der Waals surface area contributed by atoms with E-state index >= 15 is 0 Å². The van der Waals surface area contributed by atoms with Crippen LogP contribution in [0.1, 0.15) is 19.5 Å². The van der Waals surface area contributed by atoms with E-state index in [-0.39, 0.29) is 11.8 Å². The van der Waals surface area contributed by atoms with Gasteiger partial charge in [-0.3, -0.25) is 0 Å². The Bertz CT molecular complexity index is 469. The highest BCUT2D eigenvalue weighted by molar-refractivity contribution is 5.82. The summed E-state index contributed by atoms with van der Waals surface area (Å²) >= 11 is 0. The predicted molar refractivity (Wildman–Crippen MR) is 60.0 cm³/mol. The normalized spacial score (nSPS) is 9.60. The second-order valence-electron chi connectivity index (χ2n) is 2.80. The van der Waals surface area contributed by atoms with Crippen molar-refractivity contribution >= 4 is 16.9 Å². The lowest BCUT2D eigenvalue weighted by molar-refractivity contribution is 0.638. The number of anilines is 1. The molecule has 2 aromatic rings. The van der Waals surface area contributed by atoms with Crippen molar-refractivity contribution in [3.63, 3.8) is 0 Å². The van der Waals surface area contributed by atoms with Gasteiger partial charge in [0.15, 0.2) is 0 Å². The van der Waals surface area contributed by atoms with E-state index in [1.54, 1.807) is 19.1 Å². The molecule has 0 unspecified atom stereocenters. The van der Waals surface area contributed by atoms with Gasteiger partial charge in [-0.15, -0.1) is 0 Å². The number of aryl methyl sites for hydroxylation is 1. The average molecular weight is 207 g/mol. The lowest BCUT2D eigenvalue weighted by atomic mass is 10.2. The highest BCUT2D eigenvalue weighted by atomic mass is 19.1. The van der Waals surface area contributed by atoms with Gasteiger partial charge in [-0.2, -0.15) is 0 Å². The molecule has 0 aliphatic carbocycles. The van der Waals surface area contributed by atoms with E-state index < -0.39 is 0 Å². The minimum absolute atomic E-state index is 0.176. The van der Waals surface area contributed by atoms with Crippen molar-refractivity contribution in [1.82, 2.24) is 9.97 Å². The lowest BCUT2D eigenvalue weighted by Gasteiger charge is -2.02. The zero-order valence-electron chi connectivity index (χ0n) is 9.08. The first-order valence-electron chi connectivity index (χ1n) is 4.87. The molecule has 0 amide bonds. The molecule has 1 aromatic carbocycles. The Balaban J connectivity index is 0.000000531. The van der Waals surface area contributed by atoms with Crippen LogP contribution in [-0.4, -0.2) is 9.97 Å². The fourth-order valence-electron chi connectivity index (χ4n) is 1.34. The number of nitrogens with zero attached hydrogens (tertiary/aromatic N) is 2. The third kappa shape index (κ3) is 2.21. The van der Waals surface area contributed by atoms with Crippen LogP contribution in [0.2, 0.25) is 0 Å². The largest absolute Gasteiger partial charge is 0.368 e. The van der Waals surface area contributed by atoms with Crippen LogP contribution < -0.4 is 5.73 Å². The van der Waals surface area contributed by atoms with E-state index in [2.05, 4.69) is 9.97 Å². The molecular weight excluding hydrogens is 193 g/mol. The van der Waals surface area contributed by atoms with E-state index in [4.69, 9.17) is 5.73 Å². The van der Waals surface area contributed by atoms with Gasteiger partial charge in [0, 0.05) is 0 Å². The van der Waals surface area contributed by atoms with Crippen LogP contribution in [0.15, 0.2) is 18.2 Å². The fraction of sp³-hybridized carbons (Fsp3) is 0.273. The summed E-state index contributed by atoms with van der Waals surface area (Å²) in [5.74, 6) is -0.134. The van der Waals surface area contributed by atoms with Gasteiger partial charge in [-0.1, -0.05) is 19.9 Å². The van der Waals surface area contributed by atoms with Gasteiger partial charge < -0.3 is 5.73 Å². The highest BCUT2D eigenvalue weighted by Crippen LogP contribution is 2.18. The monoisotopic (exact) mass is 207 g/mol. The molecule has 0 atom stereocenters. The summed E-state index contributed by atoms with van der Waals surface area (Å²) in [6, 6.07) is 4.70. The zero-order chi connectivity index (χ0) is 11.4. The summed E-state index contributed by atoms with van der Waals surface area (Å²) in [6.45, 7) is 5.71. The molecule has 1 aromatic heterocycles. The van der Waals surface area contributed by atoms with E-state index in [9.17, 15) is 4.39 Å². The number of fused-ring (bicyclic) bond motifs is 1. The third-order valence-corrected chi connectivity index (χ3v) is 1.87. The van der Waals surface area contributed by atoms with E-state index in [1.165, 1.54) is 6.07 Å². The predicted octanol–water partition coefficient (Wildman–Crippen LogP) is 2.69. The second kappa shape index (κ2) is 4.68. The van der Waals surface area contributed by atoms with Crippen molar-refractivity contribution in [2.45, 2.75) is 20.8 Å². The van der Waals surface area contributed by atoms with Gasteiger partial charge in [0.25, 0.3) is 0 Å². The van der Waals surface area contributed by atoms with Crippen molar-refractivity contribution in [3.8, 4) is 0 Å². The highest BCUT2D eigenvalue weighted by Gasteiger charge is 2.06. The number of hydrogen-bond acceptors (Lipinski definition) is 3. The molecule has 2 N–H and O–H groups in total. The summed E-state index contributed by atoms with van der Waals surface area (Å²) in [6.07, 6.45) is 0. The Morgan fingerprint density at radius 2 is 1.87 bits per heavy atom. The van der Waals surface area contributed by atoms with Gasteiger partial charge in [-0.25, -0.2) is 14.4 Å². The van der Waals surface area contributed by atoms with Gasteiger partial charge in [0.05, 0.1) is 16.6 Å². The molecule has 15 heavy (non-hydrogen) atoms. The summed E-state index contributed by atoms with van der Waals surface area (Å²) in [7, 11) is 0. The number of nitrogen functional groups attached to an aromatic ring is 1. The zero-order valence-corrected chi connectivity index (χ0v) is 9.08. The summed E-state index contributed by atoms with van der Waals surface area (Å²) in [5.41, 5.74) is 6.55. The average Bonchev–Trinajstić information content (AvgIpc) is 2.19. The van der Waals surface area contributed by atoms with Crippen molar-refractivity contribution in [1.29, 1.82) is 0 Å². The van der Waals surface area contributed by atoms with E-state index in [0.717, 1.165) is 0 Å². The summed E-state index contributed by atoms with van der Waals surface area (Å²) in [4.78, 5) is 7.81. The number of aromatic nitrogens is 2.